The van der Waals surface area contributed by atoms with Crippen molar-refractivity contribution in [3.8, 4) is 0 Å². The maximum Gasteiger partial charge on any atom is 0.0568 e. The van der Waals surface area contributed by atoms with Gasteiger partial charge in [0.15, 0.2) is 0 Å². The Kier molecular flexibility index (Phi) is 4.29. The predicted octanol–water partition coefficient (Wildman–Crippen LogP) is 4.25. The molecule has 1 heterocycles. The van der Waals surface area contributed by atoms with Crippen molar-refractivity contribution in [1.82, 2.24) is 5.32 Å². The number of piperazine rings is 1. The van der Waals surface area contributed by atoms with Gasteiger partial charge in [0.1, 0.15) is 0 Å². The molecular formula is C16H16BrClN2. The van der Waals surface area contributed by atoms with E-state index in [1.807, 2.05) is 12.1 Å². The van der Waals surface area contributed by atoms with E-state index in [-0.39, 0.29) is 0 Å². The van der Waals surface area contributed by atoms with Gasteiger partial charge >= 0.3 is 0 Å². The molecule has 0 radical (unpaired) electrons. The van der Waals surface area contributed by atoms with Crippen LogP contribution in [0, 0.1) is 0 Å². The Morgan fingerprint density at radius 2 is 1.95 bits per heavy atom. The van der Waals surface area contributed by atoms with Crippen LogP contribution in [0.4, 0.5) is 5.69 Å². The summed E-state index contributed by atoms with van der Waals surface area (Å²) in [7, 11) is 0. The third-order valence-electron chi connectivity index (χ3n) is 3.65. The van der Waals surface area contributed by atoms with Gasteiger partial charge in [-0.25, -0.2) is 0 Å². The molecule has 1 saturated heterocycles. The van der Waals surface area contributed by atoms with E-state index in [1.54, 1.807) is 0 Å². The molecule has 1 aliphatic rings. The summed E-state index contributed by atoms with van der Waals surface area (Å²) < 4.78 is 0.942. The van der Waals surface area contributed by atoms with E-state index in [1.165, 1.54) is 11.3 Å². The normalized spacial score (nSPS) is 19.1. The molecule has 2 aromatic rings. The summed E-state index contributed by atoms with van der Waals surface area (Å²) in [6.07, 6.45) is 0. The highest BCUT2D eigenvalue weighted by Crippen LogP contribution is 2.29. The highest BCUT2D eigenvalue weighted by molar-refractivity contribution is 9.10. The summed E-state index contributed by atoms with van der Waals surface area (Å²) in [5.74, 6) is 0. The van der Waals surface area contributed by atoms with E-state index in [0.29, 0.717) is 6.04 Å². The van der Waals surface area contributed by atoms with Crippen LogP contribution in [-0.4, -0.2) is 19.6 Å². The molecule has 20 heavy (non-hydrogen) atoms. The standard InChI is InChI=1S/C16H16BrClN2/c17-14-7-6-13(10-15(14)18)20-9-8-19-16(11-20)12-4-2-1-3-5-12/h1-7,10,16,19H,8-9,11H2. The molecule has 0 aromatic heterocycles. The van der Waals surface area contributed by atoms with Gasteiger partial charge in [0.25, 0.3) is 0 Å². The van der Waals surface area contributed by atoms with Crippen molar-refractivity contribution in [3.63, 3.8) is 0 Å². The summed E-state index contributed by atoms with van der Waals surface area (Å²) in [5, 5.41) is 4.34. The smallest absolute Gasteiger partial charge is 0.0568 e. The molecule has 3 rings (SSSR count). The van der Waals surface area contributed by atoms with Gasteiger partial charge in [0, 0.05) is 35.8 Å². The minimum Gasteiger partial charge on any atom is -0.368 e. The maximum absolute atomic E-state index is 6.20. The number of nitrogens with zero attached hydrogens (tertiary/aromatic N) is 1. The Balaban J connectivity index is 1.79. The summed E-state index contributed by atoms with van der Waals surface area (Å²) in [6.45, 7) is 2.94. The number of hydrogen-bond donors (Lipinski definition) is 1. The SMILES string of the molecule is Clc1cc(N2CCNC(c3ccccc3)C2)ccc1Br. The summed E-state index contributed by atoms with van der Waals surface area (Å²) in [5.41, 5.74) is 2.51. The van der Waals surface area contributed by atoms with Crippen molar-refractivity contribution in [1.29, 1.82) is 0 Å². The molecule has 0 amide bonds. The van der Waals surface area contributed by atoms with Crippen LogP contribution in [0.25, 0.3) is 0 Å². The first-order valence-corrected chi connectivity index (χ1v) is 7.89. The molecule has 1 aliphatic heterocycles. The van der Waals surface area contributed by atoms with Crippen molar-refractivity contribution in [3.05, 3.63) is 63.6 Å². The fourth-order valence-electron chi connectivity index (χ4n) is 2.57. The lowest BCUT2D eigenvalue weighted by Gasteiger charge is -2.35. The third-order valence-corrected chi connectivity index (χ3v) is 4.88. The van der Waals surface area contributed by atoms with Gasteiger partial charge in [-0.3, -0.25) is 0 Å². The van der Waals surface area contributed by atoms with Crippen molar-refractivity contribution in [2.75, 3.05) is 24.5 Å². The first-order valence-electron chi connectivity index (χ1n) is 6.72. The van der Waals surface area contributed by atoms with E-state index in [2.05, 4.69) is 62.5 Å². The first kappa shape index (κ1) is 13.9. The molecule has 0 bridgehead atoms. The lowest BCUT2D eigenvalue weighted by Crippen LogP contribution is -2.45. The van der Waals surface area contributed by atoms with E-state index >= 15 is 0 Å². The molecule has 1 fully saturated rings. The van der Waals surface area contributed by atoms with Gasteiger partial charge in [0.2, 0.25) is 0 Å². The Labute approximate surface area is 132 Å². The van der Waals surface area contributed by atoms with Gasteiger partial charge in [-0.1, -0.05) is 41.9 Å². The van der Waals surface area contributed by atoms with Gasteiger partial charge in [-0.05, 0) is 39.7 Å². The predicted molar refractivity (Wildman–Crippen MR) is 88.6 cm³/mol. The molecule has 0 spiro atoms. The van der Waals surface area contributed by atoms with Crippen molar-refractivity contribution in [2.24, 2.45) is 0 Å². The number of hydrogen-bond acceptors (Lipinski definition) is 2. The second-order valence-corrected chi connectivity index (χ2v) is 6.22. The Morgan fingerprint density at radius 1 is 1.15 bits per heavy atom. The molecule has 2 nitrogen and oxygen atoms in total. The highest BCUT2D eigenvalue weighted by Gasteiger charge is 2.21. The zero-order valence-corrected chi connectivity index (χ0v) is 13.4. The van der Waals surface area contributed by atoms with Crippen LogP contribution in [-0.2, 0) is 0 Å². The van der Waals surface area contributed by atoms with Crippen LogP contribution in [0.5, 0.6) is 0 Å². The number of rotatable bonds is 2. The van der Waals surface area contributed by atoms with E-state index in [0.717, 1.165) is 29.1 Å². The minimum absolute atomic E-state index is 0.368. The van der Waals surface area contributed by atoms with E-state index in [4.69, 9.17) is 11.6 Å². The third kappa shape index (κ3) is 3.00. The second-order valence-electron chi connectivity index (χ2n) is 4.96. The number of halogens is 2. The molecule has 4 heteroatoms. The summed E-state index contributed by atoms with van der Waals surface area (Å²) in [6, 6.07) is 17.1. The summed E-state index contributed by atoms with van der Waals surface area (Å²) >= 11 is 9.64. The van der Waals surface area contributed by atoms with Crippen LogP contribution in [0.2, 0.25) is 5.02 Å². The summed E-state index contributed by atoms with van der Waals surface area (Å²) in [4.78, 5) is 2.38. The van der Waals surface area contributed by atoms with Gasteiger partial charge in [-0.15, -0.1) is 0 Å². The quantitative estimate of drug-likeness (QED) is 0.870. The Morgan fingerprint density at radius 3 is 2.70 bits per heavy atom. The minimum atomic E-state index is 0.368. The number of benzene rings is 2. The van der Waals surface area contributed by atoms with Gasteiger partial charge in [0.05, 0.1) is 5.02 Å². The second kappa shape index (κ2) is 6.17. The molecule has 0 aliphatic carbocycles. The van der Waals surface area contributed by atoms with Gasteiger partial charge in [-0.2, -0.15) is 0 Å². The lowest BCUT2D eigenvalue weighted by atomic mass is 10.0. The molecule has 1 N–H and O–H groups in total. The fourth-order valence-corrected chi connectivity index (χ4v) is 3.00. The average molecular weight is 352 g/mol. The Hall–Kier alpha value is -1.03. The monoisotopic (exact) mass is 350 g/mol. The van der Waals surface area contributed by atoms with Crippen molar-refractivity contribution in [2.45, 2.75) is 6.04 Å². The van der Waals surface area contributed by atoms with Crippen LogP contribution in [0.1, 0.15) is 11.6 Å². The Bertz CT molecular complexity index is 588. The largest absolute Gasteiger partial charge is 0.368 e. The average Bonchev–Trinajstić information content (AvgIpc) is 2.51. The highest BCUT2D eigenvalue weighted by atomic mass is 79.9. The van der Waals surface area contributed by atoms with Gasteiger partial charge < -0.3 is 10.2 Å². The van der Waals surface area contributed by atoms with Crippen LogP contribution >= 0.6 is 27.5 Å². The molecule has 2 aromatic carbocycles. The number of nitrogens with one attached hydrogen (secondary N) is 1. The van der Waals surface area contributed by atoms with E-state index < -0.39 is 0 Å². The lowest BCUT2D eigenvalue weighted by molar-refractivity contribution is 0.472. The van der Waals surface area contributed by atoms with Crippen LogP contribution in [0.3, 0.4) is 0 Å². The van der Waals surface area contributed by atoms with Crippen molar-refractivity contribution < 1.29 is 0 Å². The molecule has 0 saturated carbocycles. The first-order chi connectivity index (χ1) is 9.74. The molecular weight excluding hydrogens is 336 g/mol. The number of anilines is 1. The molecule has 1 atom stereocenters. The zero-order chi connectivity index (χ0) is 13.9. The topological polar surface area (TPSA) is 15.3 Å². The van der Waals surface area contributed by atoms with E-state index in [9.17, 15) is 0 Å². The maximum atomic E-state index is 6.20. The van der Waals surface area contributed by atoms with Crippen LogP contribution in [0.15, 0.2) is 53.0 Å². The molecule has 104 valence electrons. The van der Waals surface area contributed by atoms with Crippen molar-refractivity contribution >= 4 is 33.2 Å². The van der Waals surface area contributed by atoms with Crippen LogP contribution < -0.4 is 10.2 Å². The zero-order valence-electron chi connectivity index (χ0n) is 11.0. The molecule has 1 unspecified atom stereocenters. The fraction of sp³-hybridized carbons (Fsp3) is 0.250.